The molecule has 1 aromatic rings. The van der Waals surface area contributed by atoms with E-state index in [-0.39, 0.29) is 18.0 Å². The third-order valence-electron chi connectivity index (χ3n) is 2.65. The molecule has 0 amide bonds. The Morgan fingerprint density at radius 3 is 2.94 bits per heavy atom. The van der Waals surface area contributed by atoms with E-state index in [4.69, 9.17) is 10.5 Å². The summed E-state index contributed by atoms with van der Waals surface area (Å²) in [6.45, 7) is 0.576. The van der Waals surface area contributed by atoms with Gasteiger partial charge in [0.15, 0.2) is 5.78 Å². The molecule has 0 aliphatic heterocycles. The maximum atomic E-state index is 13.5. The van der Waals surface area contributed by atoms with Crippen molar-refractivity contribution in [2.45, 2.75) is 25.3 Å². The second-order valence-corrected chi connectivity index (χ2v) is 5.04. The zero-order valence-corrected chi connectivity index (χ0v) is 11.9. The first-order chi connectivity index (χ1) is 8.54. The predicted octanol–water partition coefficient (Wildman–Crippen LogP) is 2.45. The maximum absolute atomic E-state index is 13.5. The highest BCUT2D eigenvalue weighted by Gasteiger charge is 2.15. The molecular formula is C13H17BrFNO2. The monoisotopic (exact) mass is 317 g/mol. The van der Waals surface area contributed by atoms with E-state index in [2.05, 4.69) is 15.9 Å². The molecule has 0 bridgehead atoms. The number of hydrogen-bond donors (Lipinski definition) is 1. The Morgan fingerprint density at radius 2 is 2.28 bits per heavy atom. The molecule has 2 N–H and O–H groups in total. The maximum Gasteiger partial charge on any atom is 0.153 e. The fourth-order valence-electron chi connectivity index (χ4n) is 1.61. The van der Waals surface area contributed by atoms with Crippen LogP contribution in [0.2, 0.25) is 0 Å². The zero-order chi connectivity index (χ0) is 13.5. The zero-order valence-electron chi connectivity index (χ0n) is 10.3. The molecule has 0 radical (unpaired) electrons. The van der Waals surface area contributed by atoms with E-state index in [0.29, 0.717) is 18.6 Å². The Hall–Kier alpha value is -0.780. The van der Waals surface area contributed by atoms with Gasteiger partial charge in [-0.1, -0.05) is 15.9 Å². The van der Waals surface area contributed by atoms with Gasteiger partial charge >= 0.3 is 0 Å². The molecule has 1 rings (SSSR count). The minimum absolute atomic E-state index is 0.0272. The van der Waals surface area contributed by atoms with Crippen molar-refractivity contribution < 1.29 is 13.9 Å². The van der Waals surface area contributed by atoms with E-state index in [1.165, 1.54) is 6.07 Å². The number of nitrogens with two attached hydrogens (primary N) is 1. The molecule has 0 spiro atoms. The van der Waals surface area contributed by atoms with Crippen LogP contribution in [-0.2, 0) is 16.0 Å². The number of carbonyl (C=O) groups excluding carboxylic acids is 1. The molecule has 0 aliphatic rings. The highest BCUT2D eigenvalue weighted by molar-refractivity contribution is 9.10. The van der Waals surface area contributed by atoms with Crippen LogP contribution in [-0.4, -0.2) is 25.5 Å². The van der Waals surface area contributed by atoms with Crippen molar-refractivity contribution in [2.75, 3.05) is 13.7 Å². The topological polar surface area (TPSA) is 52.3 Å². The Kier molecular flexibility index (Phi) is 6.46. The van der Waals surface area contributed by atoms with Crippen molar-refractivity contribution in [1.82, 2.24) is 0 Å². The van der Waals surface area contributed by atoms with Crippen molar-refractivity contribution in [2.24, 2.45) is 5.73 Å². The number of Topliss-reactive ketones (excluding diaryl/α,β-unsaturated/α-hetero) is 1. The number of rotatable bonds is 7. The van der Waals surface area contributed by atoms with Gasteiger partial charge in [-0.2, -0.15) is 0 Å². The molecular weight excluding hydrogens is 301 g/mol. The molecule has 5 heteroatoms. The van der Waals surface area contributed by atoms with Crippen LogP contribution in [0.3, 0.4) is 0 Å². The number of carbonyl (C=O) groups is 1. The summed E-state index contributed by atoms with van der Waals surface area (Å²) in [5.41, 5.74) is 6.13. The molecule has 0 fully saturated rings. The molecule has 0 heterocycles. The first-order valence-corrected chi connectivity index (χ1v) is 6.55. The first-order valence-electron chi connectivity index (χ1n) is 5.75. The van der Waals surface area contributed by atoms with Crippen LogP contribution in [0, 0.1) is 5.82 Å². The van der Waals surface area contributed by atoms with E-state index in [0.717, 1.165) is 10.9 Å². The molecule has 18 heavy (non-hydrogen) atoms. The van der Waals surface area contributed by atoms with Crippen LogP contribution in [0.15, 0.2) is 22.7 Å². The number of benzene rings is 1. The van der Waals surface area contributed by atoms with Crippen LogP contribution < -0.4 is 5.73 Å². The lowest BCUT2D eigenvalue weighted by atomic mass is 10.0. The molecule has 0 saturated heterocycles. The Labute approximate surface area is 115 Å². The summed E-state index contributed by atoms with van der Waals surface area (Å²) in [6, 6.07) is 3.98. The van der Waals surface area contributed by atoms with Crippen molar-refractivity contribution >= 4 is 21.7 Å². The minimum Gasteiger partial charge on any atom is -0.385 e. The van der Waals surface area contributed by atoms with E-state index < -0.39 is 6.04 Å². The van der Waals surface area contributed by atoms with E-state index in [1.807, 2.05) is 0 Å². The fraction of sp³-hybridized carbons (Fsp3) is 0.462. The summed E-state index contributed by atoms with van der Waals surface area (Å²) in [5.74, 6) is -0.529. The molecule has 0 aliphatic carbocycles. The van der Waals surface area contributed by atoms with Gasteiger partial charge in [0.25, 0.3) is 0 Å². The highest BCUT2D eigenvalue weighted by Crippen LogP contribution is 2.16. The molecule has 1 aromatic carbocycles. The second kappa shape index (κ2) is 7.61. The first kappa shape index (κ1) is 15.3. The van der Waals surface area contributed by atoms with Gasteiger partial charge in [0, 0.05) is 24.6 Å². The van der Waals surface area contributed by atoms with Crippen molar-refractivity contribution in [3.05, 3.63) is 34.1 Å². The van der Waals surface area contributed by atoms with Gasteiger partial charge in [-0.15, -0.1) is 0 Å². The second-order valence-electron chi connectivity index (χ2n) is 4.12. The van der Waals surface area contributed by atoms with Crippen LogP contribution in [0.1, 0.15) is 18.4 Å². The summed E-state index contributed by atoms with van der Waals surface area (Å²) in [6.07, 6.45) is 1.31. The van der Waals surface area contributed by atoms with Crippen molar-refractivity contribution in [3.8, 4) is 0 Å². The molecule has 0 aromatic heterocycles. The number of ketones is 1. The smallest absolute Gasteiger partial charge is 0.153 e. The third kappa shape index (κ3) is 4.84. The molecule has 1 unspecified atom stereocenters. The predicted molar refractivity (Wildman–Crippen MR) is 71.9 cm³/mol. The van der Waals surface area contributed by atoms with Gasteiger partial charge in [-0.05, 0) is 36.6 Å². The summed E-state index contributed by atoms with van der Waals surface area (Å²) in [4.78, 5) is 11.8. The van der Waals surface area contributed by atoms with Gasteiger partial charge < -0.3 is 10.5 Å². The average Bonchev–Trinajstić information content (AvgIpc) is 2.34. The summed E-state index contributed by atoms with van der Waals surface area (Å²) in [7, 11) is 1.60. The van der Waals surface area contributed by atoms with E-state index in [1.54, 1.807) is 19.2 Å². The highest BCUT2D eigenvalue weighted by atomic mass is 79.9. The Balaban J connectivity index is 2.55. The number of methoxy groups -OCH3 is 1. The van der Waals surface area contributed by atoms with Gasteiger partial charge in [0.2, 0.25) is 0 Å². The van der Waals surface area contributed by atoms with Crippen LogP contribution >= 0.6 is 15.9 Å². The lowest BCUT2D eigenvalue weighted by molar-refractivity contribution is -0.119. The van der Waals surface area contributed by atoms with E-state index >= 15 is 0 Å². The Bertz CT molecular complexity index is 412. The SMILES string of the molecule is COCCCC(N)C(=O)Cc1cc(Br)ccc1F. The molecule has 3 nitrogen and oxygen atoms in total. The molecule has 1 atom stereocenters. The third-order valence-corrected chi connectivity index (χ3v) is 3.14. The van der Waals surface area contributed by atoms with Crippen LogP contribution in [0.5, 0.6) is 0 Å². The summed E-state index contributed by atoms with van der Waals surface area (Å²) >= 11 is 3.25. The van der Waals surface area contributed by atoms with Gasteiger partial charge in [-0.3, -0.25) is 4.79 Å². The molecule has 100 valence electrons. The average molecular weight is 318 g/mol. The number of ether oxygens (including phenoxy) is 1. The lowest BCUT2D eigenvalue weighted by Gasteiger charge is -2.10. The van der Waals surface area contributed by atoms with Gasteiger partial charge in [0.1, 0.15) is 5.82 Å². The summed E-state index contributed by atoms with van der Waals surface area (Å²) in [5, 5.41) is 0. The number of halogens is 2. The quantitative estimate of drug-likeness (QED) is 0.786. The van der Waals surface area contributed by atoms with Crippen molar-refractivity contribution in [1.29, 1.82) is 0 Å². The van der Waals surface area contributed by atoms with Crippen LogP contribution in [0.25, 0.3) is 0 Å². The van der Waals surface area contributed by atoms with Crippen molar-refractivity contribution in [3.63, 3.8) is 0 Å². The lowest BCUT2D eigenvalue weighted by Crippen LogP contribution is -2.32. The van der Waals surface area contributed by atoms with Gasteiger partial charge in [-0.25, -0.2) is 4.39 Å². The summed E-state index contributed by atoms with van der Waals surface area (Å²) < 4.78 is 19.1. The van der Waals surface area contributed by atoms with E-state index in [9.17, 15) is 9.18 Å². The minimum atomic E-state index is -0.557. The van der Waals surface area contributed by atoms with Crippen LogP contribution in [0.4, 0.5) is 4.39 Å². The van der Waals surface area contributed by atoms with Gasteiger partial charge in [0.05, 0.1) is 6.04 Å². The largest absolute Gasteiger partial charge is 0.385 e. The fourth-order valence-corrected chi connectivity index (χ4v) is 2.01. The normalized spacial score (nSPS) is 12.4. The standard InChI is InChI=1S/C13H17BrFNO2/c1-18-6-2-3-12(16)13(17)8-9-7-10(14)4-5-11(9)15/h4-5,7,12H,2-3,6,8,16H2,1H3. The Morgan fingerprint density at radius 1 is 1.56 bits per heavy atom. The number of hydrogen-bond acceptors (Lipinski definition) is 3. The molecule has 0 saturated carbocycles.